The fourth-order valence-corrected chi connectivity index (χ4v) is 2.57. The minimum absolute atomic E-state index is 0.442. The summed E-state index contributed by atoms with van der Waals surface area (Å²) in [6.07, 6.45) is 3.73. The molecule has 0 aliphatic rings. The molecule has 1 aromatic heterocycles. The van der Waals surface area contributed by atoms with Crippen LogP contribution in [0.3, 0.4) is 0 Å². The van der Waals surface area contributed by atoms with E-state index in [9.17, 15) is 0 Å². The van der Waals surface area contributed by atoms with Crippen molar-refractivity contribution < 1.29 is 4.74 Å². The van der Waals surface area contributed by atoms with E-state index in [1.807, 2.05) is 6.07 Å². The minimum Gasteiger partial charge on any atom is -0.496 e. The van der Waals surface area contributed by atoms with Crippen LogP contribution in [0.1, 0.15) is 30.5 Å². The van der Waals surface area contributed by atoms with Crippen LogP contribution in [0.4, 0.5) is 0 Å². The normalized spacial score (nSPS) is 12.4. The highest BCUT2D eigenvalue weighted by Crippen LogP contribution is 2.31. The third-order valence-corrected chi connectivity index (χ3v) is 3.68. The third kappa shape index (κ3) is 2.90. The van der Waals surface area contributed by atoms with Gasteiger partial charge in [0, 0.05) is 0 Å². The van der Waals surface area contributed by atoms with E-state index >= 15 is 0 Å². The molecule has 1 N–H and O–H groups in total. The van der Waals surface area contributed by atoms with Gasteiger partial charge in [0.25, 0.3) is 0 Å². The lowest BCUT2D eigenvalue weighted by molar-refractivity contribution is 0.411. The number of nitrogens with zero attached hydrogens (tertiary/aromatic N) is 2. The van der Waals surface area contributed by atoms with Crippen LogP contribution in [0, 0.1) is 0 Å². The topological polar surface area (TPSA) is 50.8 Å². The lowest BCUT2D eigenvalue weighted by Crippen LogP contribution is -2.02. The van der Waals surface area contributed by atoms with E-state index in [2.05, 4.69) is 50.4 Å². The van der Waals surface area contributed by atoms with Crippen molar-refractivity contribution in [1.29, 1.82) is 0 Å². The van der Waals surface area contributed by atoms with E-state index in [-0.39, 0.29) is 0 Å². The molecule has 0 saturated heterocycles. The maximum atomic E-state index is 5.25. The number of benzene rings is 1. The summed E-state index contributed by atoms with van der Waals surface area (Å²) in [4.78, 5) is 0. The lowest BCUT2D eigenvalue weighted by Gasteiger charge is -2.15. The molecule has 2 rings (SSSR count). The van der Waals surface area contributed by atoms with E-state index in [1.165, 1.54) is 5.56 Å². The summed E-state index contributed by atoms with van der Waals surface area (Å²) in [5, 5.41) is 10.6. The van der Waals surface area contributed by atoms with Gasteiger partial charge in [-0.2, -0.15) is 15.4 Å². The van der Waals surface area contributed by atoms with Crippen LogP contribution in [0.2, 0.25) is 0 Å². The van der Waals surface area contributed by atoms with E-state index in [1.54, 1.807) is 13.3 Å². The number of H-pyrrole nitrogens is 1. The van der Waals surface area contributed by atoms with Gasteiger partial charge in [0.2, 0.25) is 0 Å². The molecule has 1 unspecified atom stereocenters. The number of rotatable bonds is 5. The third-order valence-electron chi connectivity index (χ3n) is 3.06. The molecule has 1 aromatic carbocycles. The molecule has 0 bridgehead atoms. The number of aromatic amines is 1. The molecule has 0 aliphatic carbocycles. The summed E-state index contributed by atoms with van der Waals surface area (Å²) in [5.74, 6) is 1.30. The molecule has 0 fully saturated rings. The van der Waals surface area contributed by atoms with Gasteiger partial charge >= 0.3 is 0 Å². The Morgan fingerprint density at radius 2 is 2.28 bits per heavy atom. The number of nitrogens with one attached hydrogen (secondary N) is 1. The summed E-state index contributed by atoms with van der Waals surface area (Å²) in [6.45, 7) is 2.18. The second-order valence-electron chi connectivity index (χ2n) is 4.16. The van der Waals surface area contributed by atoms with Gasteiger partial charge in [-0.05, 0) is 52.4 Å². The van der Waals surface area contributed by atoms with Gasteiger partial charge in [-0.1, -0.05) is 13.0 Å². The number of aromatic nitrogens is 3. The van der Waals surface area contributed by atoms with E-state index in [0.29, 0.717) is 5.92 Å². The molecule has 4 nitrogen and oxygen atoms in total. The van der Waals surface area contributed by atoms with E-state index in [0.717, 1.165) is 28.8 Å². The van der Waals surface area contributed by atoms with Crippen molar-refractivity contribution in [2.75, 3.05) is 7.11 Å². The number of hydrogen-bond acceptors (Lipinski definition) is 3. The highest BCUT2D eigenvalue weighted by molar-refractivity contribution is 9.10. The zero-order valence-electron chi connectivity index (χ0n) is 10.5. The van der Waals surface area contributed by atoms with Crippen molar-refractivity contribution in [3.05, 3.63) is 40.1 Å². The molecule has 18 heavy (non-hydrogen) atoms. The van der Waals surface area contributed by atoms with Crippen molar-refractivity contribution >= 4 is 15.9 Å². The monoisotopic (exact) mass is 309 g/mol. The predicted octanol–water partition coefficient (Wildman–Crippen LogP) is 3.31. The van der Waals surface area contributed by atoms with Crippen molar-refractivity contribution in [3.8, 4) is 5.75 Å². The van der Waals surface area contributed by atoms with E-state index in [4.69, 9.17) is 4.74 Å². The van der Waals surface area contributed by atoms with Gasteiger partial charge in [0.15, 0.2) is 0 Å². The highest BCUT2D eigenvalue weighted by atomic mass is 79.9. The Labute approximate surface area is 115 Å². The first kappa shape index (κ1) is 13.1. The molecule has 2 aromatic rings. The maximum absolute atomic E-state index is 5.25. The van der Waals surface area contributed by atoms with Gasteiger partial charge < -0.3 is 4.74 Å². The van der Waals surface area contributed by atoms with Gasteiger partial charge in [0.1, 0.15) is 5.75 Å². The van der Waals surface area contributed by atoms with Crippen molar-refractivity contribution in [3.63, 3.8) is 0 Å². The lowest BCUT2D eigenvalue weighted by atomic mass is 9.92. The number of methoxy groups -OCH3 is 1. The van der Waals surface area contributed by atoms with Crippen molar-refractivity contribution in [2.45, 2.75) is 25.7 Å². The molecule has 96 valence electrons. The molecule has 0 saturated carbocycles. The predicted molar refractivity (Wildman–Crippen MR) is 73.8 cm³/mol. The van der Waals surface area contributed by atoms with Crippen molar-refractivity contribution in [1.82, 2.24) is 15.4 Å². The number of ether oxygens (including phenoxy) is 1. The zero-order valence-corrected chi connectivity index (χ0v) is 12.1. The Morgan fingerprint density at radius 3 is 2.83 bits per heavy atom. The Kier molecular flexibility index (Phi) is 4.36. The Bertz CT molecular complexity index is 499. The SMILES string of the molecule is CCC(Cc1cn[nH]n1)c1ccc(OC)c(Br)c1. The fraction of sp³-hybridized carbons (Fsp3) is 0.385. The van der Waals surface area contributed by atoms with Gasteiger partial charge in [-0.15, -0.1) is 0 Å². The quantitative estimate of drug-likeness (QED) is 0.922. The fourth-order valence-electron chi connectivity index (χ4n) is 2.01. The molecule has 1 heterocycles. The van der Waals surface area contributed by atoms with Crippen LogP contribution in [0.5, 0.6) is 5.75 Å². The average Bonchev–Trinajstić information content (AvgIpc) is 2.88. The molecule has 0 amide bonds. The standard InChI is InChI=1S/C13H16BrN3O/c1-3-9(6-11-8-15-17-16-11)10-4-5-13(18-2)12(14)7-10/h4-5,7-9H,3,6H2,1-2H3,(H,15,16,17). The minimum atomic E-state index is 0.442. The van der Waals surface area contributed by atoms with Crippen LogP contribution in [-0.4, -0.2) is 22.5 Å². The maximum Gasteiger partial charge on any atom is 0.133 e. The smallest absolute Gasteiger partial charge is 0.133 e. The van der Waals surface area contributed by atoms with Gasteiger partial charge in [-0.25, -0.2) is 0 Å². The number of hydrogen-bond donors (Lipinski definition) is 1. The summed E-state index contributed by atoms with van der Waals surface area (Å²) < 4.78 is 6.23. The molecule has 1 atom stereocenters. The first-order valence-electron chi connectivity index (χ1n) is 5.92. The summed E-state index contributed by atoms with van der Waals surface area (Å²) in [6, 6.07) is 6.22. The van der Waals surface area contributed by atoms with Crippen LogP contribution < -0.4 is 4.74 Å². The first-order valence-corrected chi connectivity index (χ1v) is 6.72. The molecule has 5 heteroatoms. The Balaban J connectivity index is 2.19. The molecular weight excluding hydrogens is 294 g/mol. The van der Waals surface area contributed by atoms with Gasteiger partial charge in [-0.3, -0.25) is 0 Å². The highest BCUT2D eigenvalue weighted by Gasteiger charge is 2.13. The second kappa shape index (κ2) is 6.00. The summed E-state index contributed by atoms with van der Waals surface area (Å²) in [5.41, 5.74) is 2.28. The molecule has 0 radical (unpaired) electrons. The molecular formula is C13H16BrN3O. The number of halogens is 1. The van der Waals surface area contributed by atoms with Crippen LogP contribution >= 0.6 is 15.9 Å². The Morgan fingerprint density at radius 1 is 1.44 bits per heavy atom. The second-order valence-corrected chi connectivity index (χ2v) is 5.02. The molecule has 0 spiro atoms. The van der Waals surface area contributed by atoms with Crippen LogP contribution in [-0.2, 0) is 6.42 Å². The van der Waals surface area contributed by atoms with Crippen molar-refractivity contribution in [2.24, 2.45) is 0 Å². The van der Waals surface area contributed by atoms with E-state index < -0.39 is 0 Å². The average molecular weight is 310 g/mol. The van der Waals surface area contributed by atoms with Crippen LogP contribution in [0.25, 0.3) is 0 Å². The van der Waals surface area contributed by atoms with Gasteiger partial charge in [0.05, 0.1) is 23.5 Å². The Hall–Kier alpha value is -1.36. The summed E-state index contributed by atoms with van der Waals surface area (Å²) in [7, 11) is 1.67. The largest absolute Gasteiger partial charge is 0.496 e. The summed E-state index contributed by atoms with van der Waals surface area (Å²) >= 11 is 3.52. The van der Waals surface area contributed by atoms with Crippen LogP contribution in [0.15, 0.2) is 28.9 Å². The molecule has 0 aliphatic heterocycles. The first-order chi connectivity index (χ1) is 8.74. The zero-order chi connectivity index (χ0) is 13.0.